The number of hydrogen-bond acceptors (Lipinski definition) is 4. The molecule has 4 heteroatoms. The lowest BCUT2D eigenvalue weighted by molar-refractivity contribution is -0.155. The fourth-order valence-corrected chi connectivity index (χ4v) is 9.55. The lowest BCUT2D eigenvalue weighted by Gasteiger charge is -2.17. The third kappa shape index (κ3) is 48.9. The van der Waals surface area contributed by atoms with E-state index in [4.69, 9.17) is 9.47 Å². The fraction of sp³-hybridized carbons (Fsp3) is 0.967. The normalized spacial score (nSPS) is 13.0. The average Bonchev–Trinajstić information content (AvgIpc) is 3.29. The van der Waals surface area contributed by atoms with Gasteiger partial charge in [0.25, 0.3) is 0 Å². The molecule has 0 heterocycles. The van der Waals surface area contributed by atoms with Gasteiger partial charge in [-0.15, -0.1) is 0 Å². The van der Waals surface area contributed by atoms with E-state index in [1.807, 2.05) is 20.8 Å². The summed E-state index contributed by atoms with van der Waals surface area (Å²) in [6, 6.07) is 0. The number of unbranched alkanes of at least 4 members (excludes halogenated alkanes) is 44. The number of carbonyl (C=O) groups excluding carboxylic acids is 2. The molecule has 0 aromatic rings. The molecule has 0 rings (SSSR count). The second-order valence-corrected chi connectivity index (χ2v) is 21.1. The van der Waals surface area contributed by atoms with Gasteiger partial charge in [-0.1, -0.05) is 323 Å². The van der Waals surface area contributed by atoms with Crippen LogP contribution in [-0.2, 0) is 19.1 Å². The minimum atomic E-state index is -0.225. The summed E-state index contributed by atoms with van der Waals surface area (Å²) < 4.78 is 11.3. The van der Waals surface area contributed by atoms with Gasteiger partial charge in [-0.05, 0) is 19.8 Å². The first-order valence-corrected chi connectivity index (χ1v) is 29.8. The molecule has 382 valence electrons. The zero-order valence-electron chi connectivity index (χ0n) is 44.7. The van der Waals surface area contributed by atoms with Gasteiger partial charge in [0.05, 0.1) is 18.4 Å². The Balaban J connectivity index is 3.48. The van der Waals surface area contributed by atoms with Gasteiger partial charge in [-0.25, -0.2) is 0 Å². The van der Waals surface area contributed by atoms with E-state index in [1.54, 1.807) is 0 Å². The van der Waals surface area contributed by atoms with E-state index in [2.05, 4.69) is 13.8 Å². The van der Waals surface area contributed by atoms with Crippen LogP contribution in [0, 0.1) is 11.8 Å². The molecule has 0 aliphatic carbocycles. The van der Waals surface area contributed by atoms with E-state index in [-0.39, 0.29) is 29.9 Å². The summed E-state index contributed by atoms with van der Waals surface area (Å²) in [6.07, 6.45) is 66.4. The van der Waals surface area contributed by atoms with Crippen molar-refractivity contribution in [2.45, 2.75) is 355 Å². The van der Waals surface area contributed by atoms with Crippen molar-refractivity contribution in [1.82, 2.24) is 0 Å². The van der Waals surface area contributed by atoms with Gasteiger partial charge in [0, 0.05) is 6.42 Å². The summed E-state index contributed by atoms with van der Waals surface area (Å²) in [5.74, 6) is -0.336. The Morgan fingerprint density at radius 2 is 0.484 bits per heavy atom. The lowest BCUT2D eigenvalue weighted by atomic mass is 10.0. The smallest absolute Gasteiger partial charge is 0.308 e. The predicted octanol–water partition coefficient (Wildman–Crippen LogP) is 20.9. The van der Waals surface area contributed by atoms with Crippen LogP contribution in [0.5, 0.6) is 0 Å². The van der Waals surface area contributed by atoms with E-state index in [9.17, 15) is 9.59 Å². The largest absolute Gasteiger partial charge is 0.465 e. The highest BCUT2D eigenvalue weighted by Gasteiger charge is 2.19. The molecule has 0 spiro atoms. The van der Waals surface area contributed by atoms with Crippen LogP contribution in [0.1, 0.15) is 349 Å². The SMILES string of the molecule is CCCCCCCCCCCCCCCCCCCCCCCCCC(C)C(=O)OCCC(C)OC(=O)C(C)CCCCCCCCCCCCCCCCCCCCCCCCC. The number of hydrogen-bond donors (Lipinski definition) is 0. The quantitative estimate of drug-likeness (QED) is 0.0451. The van der Waals surface area contributed by atoms with Crippen molar-refractivity contribution in [2.24, 2.45) is 11.8 Å². The molecule has 0 N–H and O–H groups in total. The minimum Gasteiger partial charge on any atom is -0.465 e. The molecule has 0 amide bonds. The molecule has 4 nitrogen and oxygen atoms in total. The first-order valence-electron chi connectivity index (χ1n) is 29.8. The summed E-state index contributed by atoms with van der Waals surface area (Å²) in [5.41, 5.74) is 0. The topological polar surface area (TPSA) is 52.6 Å². The van der Waals surface area contributed by atoms with Crippen LogP contribution >= 0.6 is 0 Å². The third-order valence-electron chi connectivity index (χ3n) is 14.4. The van der Waals surface area contributed by atoms with Crippen molar-refractivity contribution in [3.8, 4) is 0 Å². The van der Waals surface area contributed by atoms with E-state index in [0.717, 1.165) is 25.7 Å². The van der Waals surface area contributed by atoms with E-state index in [0.29, 0.717) is 13.0 Å². The van der Waals surface area contributed by atoms with Crippen molar-refractivity contribution in [3.63, 3.8) is 0 Å². The molecule has 0 saturated heterocycles. The highest BCUT2D eigenvalue weighted by atomic mass is 16.6. The number of carbonyl (C=O) groups is 2. The van der Waals surface area contributed by atoms with Crippen molar-refractivity contribution < 1.29 is 19.1 Å². The van der Waals surface area contributed by atoms with Gasteiger partial charge in [-0.3, -0.25) is 9.59 Å². The molecular weight excluding hydrogens is 785 g/mol. The molecule has 0 bridgehead atoms. The fourth-order valence-electron chi connectivity index (χ4n) is 9.55. The zero-order valence-corrected chi connectivity index (χ0v) is 44.7. The molecule has 0 saturated carbocycles. The highest BCUT2D eigenvalue weighted by molar-refractivity contribution is 5.72. The number of rotatable bonds is 54. The Hall–Kier alpha value is -1.06. The zero-order chi connectivity index (χ0) is 46.7. The number of ether oxygens (including phenoxy) is 2. The van der Waals surface area contributed by atoms with Crippen molar-refractivity contribution in [1.29, 1.82) is 0 Å². The van der Waals surface area contributed by atoms with Crippen LogP contribution in [0.4, 0.5) is 0 Å². The Bertz CT molecular complexity index is 917. The van der Waals surface area contributed by atoms with E-state index < -0.39 is 0 Å². The molecule has 0 radical (unpaired) electrons. The Morgan fingerprint density at radius 3 is 0.719 bits per heavy atom. The van der Waals surface area contributed by atoms with Gasteiger partial charge in [0.2, 0.25) is 0 Å². The van der Waals surface area contributed by atoms with Crippen molar-refractivity contribution in [3.05, 3.63) is 0 Å². The van der Waals surface area contributed by atoms with Crippen molar-refractivity contribution in [2.75, 3.05) is 6.61 Å². The monoisotopic (exact) mass is 903 g/mol. The first kappa shape index (κ1) is 62.9. The molecule has 0 fully saturated rings. The van der Waals surface area contributed by atoms with Gasteiger partial charge >= 0.3 is 11.9 Å². The summed E-state index contributed by atoms with van der Waals surface area (Å²) in [6.45, 7) is 10.8. The molecule has 64 heavy (non-hydrogen) atoms. The summed E-state index contributed by atoms with van der Waals surface area (Å²) in [5, 5.41) is 0. The van der Waals surface area contributed by atoms with Crippen LogP contribution in [0.15, 0.2) is 0 Å². The average molecular weight is 904 g/mol. The minimum absolute atomic E-state index is 0.0588. The predicted molar refractivity (Wildman–Crippen MR) is 282 cm³/mol. The summed E-state index contributed by atoms with van der Waals surface area (Å²) >= 11 is 0. The number of esters is 2. The molecule has 0 aromatic heterocycles. The standard InChI is InChI=1S/C60H118O4/c1-6-8-10-12-14-16-18-20-22-24-26-28-30-32-34-36-38-40-42-44-46-48-50-52-56(3)59(61)63-55-54-58(5)64-60(62)57(4)53-51-49-47-45-43-41-39-37-35-33-31-29-27-25-23-21-19-17-15-13-11-9-7-2/h56-58H,6-55H2,1-5H3. The molecule has 0 aliphatic rings. The summed E-state index contributed by atoms with van der Waals surface area (Å²) in [7, 11) is 0. The van der Waals surface area contributed by atoms with Crippen LogP contribution < -0.4 is 0 Å². The van der Waals surface area contributed by atoms with Gasteiger partial charge in [-0.2, -0.15) is 0 Å². The maximum Gasteiger partial charge on any atom is 0.308 e. The Labute approximate surface area is 403 Å². The van der Waals surface area contributed by atoms with Crippen molar-refractivity contribution >= 4 is 11.9 Å². The first-order chi connectivity index (χ1) is 31.4. The van der Waals surface area contributed by atoms with Crippen LogP contribution in [0.2, 0.25) is 0 Å². The van der Waals surface area contributed by atoms with Gasteiger partial charge in [0.15, 0.2) is 0 Å². The molecule has 0 aliphatic heterocycles. The van der Waals surface area contributed by atoms with Crippen LogP contribution in [-0.4, -0.2) is 24.6 Å². The second-order valence-electron chi connectivity index (χ2n) is 21.1. The Morgan fingerprint density at radius 1 is 0.281 bits per heavy atom. The van der Waals surface area contributed by atoms with E-state index >= 15 is 0 Å². The van der Waals surface area contributed by atoms with Gasteiger partial charge in [0.1, 0.15) is 6.10 Å². The van der Waals surface area contributed by atoms with Gasteiger partial charge < -0.3 is 9.47 Å². The molecule has 3 unspecified atom stereocenters. The maximum atomic E-state index is 12.7. The third-order valence-corrected chi connectivity index (χ3v) is 14.4. The highest BCUT2D eigenvalue weighted by Crippen LogP contribution is 2.20. The summed E-state index contributed by atoms with van der Waals surface area (Å²) in [4.78, 5) is 25.2. The maximum absolute atomic E-state index is 12.7. The van der Waals surface area contributed by atoms with Crippen LogP contribution in [0.25, 0.3) is 0 Å². The van der Waals surface area contributed by atoms with E-state index in [1.165, 1.54) is 283 Å². The molecular formula is C60H118O4. The lowest BCUT2D eigenvalue weighted by Crippen LogP contribution is -2.23. The Kier molecular flexibility index (Phi) is 52.0. The molecule has 3 atom stereocenters. The molecule has 0 aromatic carbocycles. The van der Waals surface area contributed by atoms with Crippen LogP contribution in [0.3, 0.4) is 0 Å². The second kappa shape index (κ2) is 52.9.